The summed E-state index contributed by atoms with van der Waals surface area (Å²) in [5.41, 5.74) is 3.60. The topological polar surface area (TPSA) is 79.8 Å². The molecule has 0 heterocycles. The summed E-state index contributed by atoms with van der Waals surface area (Å²) in [4.78, 5) is 23.6. The number of carbonyl (C=O) groups is 2. The Balaban J connectivity index is 2.61. The Bertz CT molecular complexity index is 515. The quantitative estimate of drug-likeness (QED) is 0.461. The molecular weight excluding hydrogens is 282 g/mol. The maximum absolute atomic E-state index is 11.9. The summed E-state index contributed by atoms with van der Waals surface area (Å²) in [7, 11) is 0. The predicted molar refractivity (Wildman–Crippen MR) is 86.7 cm³/mol. The van der Waals surface area contributed by atoms with Gasteiger partial charge in [-0.2, -0.15) is 5.10 Å². The molecule has 0 bridgehead atoms. The van der Waals surface area contributed by atoms with Crippen LogP contribution in [0.1, 0.15) is 33.6 Å². The van der Waals surface area contributed by atoms with Gasteiger partial charge in [0.2, 0.25) is 0 Å². The molecule has 1 aromatic rings. The second-order valence-electron chi connectivity index (χ2n) is 4.78. The lowest BCUT2D eigenvalue weighted by atomic mass is 9.99. The van der Waals surface area contributed by atoms with E-state index in [1.807, 2.05) is 25.1 Å². The zero-order valence-electron chi connectivity index (χ0n) is 13.3. The van der Waals surface area contributed by atoms with Crippen molar-refractivity contribution in [2.75, 3.05) is 11.9 Å². The Labute approximate surface area is 130 Å². The van der Waals surface area contributed by atoms with Crippen LogP contribution in [0.3, 0.4) is 0 Å². The summed E-state index contributed by atoms with van der Waals surface area (Å²) in [5, 5.41) is 6.65. The highest BCUT2D eigenvalue weighted by atomic mass is 16.5. The molecule has 0 aliphatic carbocycles. The van der Waals surface area contributed by atoms with E-state index >= 15 is 0 Å². The average molecular weight is 305 g/mol. The van der Waals surface area contributed by atoms with Crippen molar-refractivity contribution in [1.29, 1.82) is 0 Å². The largest absolute Gasteiger partial charge is 0.465 e. The maximum Gasteiger partial charge on any atom is 0.339 e. The van der Waals surface area contributed by atoms with E-state index in [2.05, 4.69) is 15.8 Å². The van der Waals surface area contributed by atoms with E-state index in [9.17, 15) is 9.59 Å². The highest BCUT2D eigenvalue weighted by Gasteiger charge is 2.22. The van der Waals surface area contributed by atoms with E-state index < -0.39 is 11.9 Å². The molecule has 0 fully saturated rings. The minimum Gasteiger partial charge on any atom is -0.465 e. The fourth-order valence-electron chi connectivity index (χ4n) is 1.93. The summed E-state index contributed by atoms with van der Waals surface area (Å²) in [5.74, 6) is -0.738. The lowest BCUT2D eigenvalue weighted by Crippen LogP contribution is -2.29. The maximum atomic E-state index is 11.9. The molecule has 1 rings (SSSR count). The molecule has 1 atom stereocenters. The molecule has 0 aliphatic heterocycles. The van der Waals surface area contributed by atoms with E-state index in [1.165, 1.54) is 0 Å². The first-order chi connectivity index (χ1) is 10.6. The summed E-state index contributed by atoms with van der Waals surface area (Å²) in [6, 6.07) is 8.60. The molecule has 1 aromatic carbocycles. The molecular formula is C16H23N3O3. The minimum absolute atomic E-state index is 0.309. The van der Waals surface area contributed by atoms with Crippen LogP contribution in [0.2, 0.25) is 0 Å². The van der Waals surface area contributed by atoms with Crippen molar-refractivity contribution in [2.24, 2.45) is 11.0 Å². The van der Waals surface area contributed by atoms with Gasteiger partial charge in [0, 0.05) is 11.4 Å². The summed E-state index contributed by atoms with van der Waals surface area (Å²) < 4.78 is 5.03. The van der Waals surface area contributed by atoms with Gasteiger partial charge in [-0.1, -0.05) is 31.5 Å². The van der Waals surface area contributed by atoms with Crippen LogP contribution in [0.25, 0.3) is 0 Å². The van der Waals surface area contributed by atoms with Crippen LogP contribution in [0.4, 0.5) is 10.5 Å². The van der Waals surface area contributed by atoms with Gasteiger partial charge in [-0.15, -0.1) is 0 Å². The van der Waals surface area contributed by atoms with Gasteiger partial charge in [0.05, 0.1) is 12.5 Å². The average Bonchev–Trinajstić information content (AvgIpc) is 2.51. The third kappa shape index (κ3) is 5.95. The Morgan fingerprint density at radius 3 is 2.50 bits per heavy atom. The number of rotatable bonds is 7. The number of nitrogens with one attached hydrogen (secondary N) is 2. The third-order valence-electron chi connectivity index (χ3n) is 3.02. The molecule has 2 N–H and O–H groups in total. The zero-order valence-corrected chi connectivity index (χ0v) is 13.3. The van der Waals surface area contributed by atoms with Gasteiger partial charge in [0.15, 0.2) is 0 Å². The van der Waals surface area contributed by atoms with E-state index in [4.69, 9.17) is 4.74 Å². The molecule has 0 saturated carbocycles. The first-order valence-corrected chi connectivity index (χ1v) is 7.41. The number of amides is 2. The molecule has 0 spiro atoms. The van der Waals surface area contributed by atoms with Gasteiger partial charge in [0.1, 0.15) is 0 Å². The number of hydrazone groups is 1. The summed E-state index contributed by atoms with van der Waals surface area (Å²) in [6.45, 7) is 5.78. The second-order valence-corrected chi connectivity index (χ2v) is 4.78. The molecule has 120 valence electrons. The molecule has 0 aliphatic rings. The second kappa shape index (κ2) is 9.55. The first kappa shape index (κ1) is 17.7. The van der Waals surface area contributed by atoms with Crippen LogP contribution in [0.5, 0.6) is 0 Å². The van der Waals surface area contributed by atoms with Crippen LogP contribution < -0.4 is 10.7 Å². The van der Waals surface area contributed by atoms with Crippen LogP contribution in [0.15, 0.2) is 35.4 Å². The van der Waals surface area contributed by atoms with Crippen molar-refractivity contribution < 1.29 is 14.3 Å². The van der Waals surface area contributed by atoms with Crippen molar-refractivity contribution in [3.63, 3.8) is 0 Å². The number of hydrogen-bond acceptors (Lipinski definition) is 4. The number of nitrogens with zero attached hydrogens (tertiary/aromatic N) is 1. The highest BCUT2D eigenvalue weighted by Crippen LogP contribution is 2.11. The third-order valence-corrected chi connectivity index (χ3v) is 3.02. The van der Waals surface area contributed by atoms with Gasteiger partial charge in [-0.3, -0.25) is 4.79 Å². The summed E-state index contributed by atoms with van der Waals surface area (Å²) in [6.07, 6.45) is 1.46. The smallest absolute Gasteiger partial charge is 0.339 e. The van der Waals surface area contributed by atoms with Crippen LogP contribution in [-0.2, 0) is 9.53 Å². The zero-order chi connectivity index (χ0) is 16.4. The molecule has 0 radical (unpaired) electrons. The minimum atomic E-state index is -0.454. The van der Waals surface area contributed by atoms with Crippen LogP contribution in [0, 0.1) is 5.92 Å². The molecule has 6 nitrogen and oxygen atoms in total. The SMILES string of the molecule is CCC[C@H](C(=O)OCC)C(C)=NNC(=O)Nc1ccccc1. The number of esters is 1. The molecule has 6 heteroatoms. The Morgan fingerprint density at radius 2 is 1.91 bits per heavy atom. The van der Waals surface area contributed by atoms with Gasteiger partial charge in [-0.25, -0.2) is 10.2 Å². The monoisotopic (exact) mass is 305 g/mol. The lowest BCUT2D eigenvalue weighted by molar-refractivity contribution is -0.145. The van der Waals surface area contributed by atoms with Crippen molar-refractivity contribution in [2.45, 2.75) is 33.6 Å². The fourth-order valence-corrected chi connectivity index (χ4v) is 1.93. The van der Waals surface area contributed by atoms with E-state index in [0.29, 0.717) is 24.4 Å². The van der Waals surface area contributed by atoms with Crippen molar-refractivity contribution in [1.82, 2.24) is 5.43 Å². The van der Waals surface area contributed by atoms with Gasteiger partial charge in [0.25, 0.3) is 0 Å². The Kier molecular flexibility index (Phi) is 7.67. The Morgan fingerprint density at radius 1 is 1.23 bits per heavy atom. The van der Waals surface area contributed by atoms with Gasteiger partial charge < -0.3 is 10.1 Å². The van der Waals surface area contributed by atoms with Gasteiger partial charge in [-0.05, 0) is 32.4 Å². The molecule has 0 aromatic heterocycles. The molecule has 2 amide bonds. The number of carbonyl (C=O) groups excluding carboxylic acids is 2. The van der Waals surface area contributed by atoms with Crippen molar-refractivity contribution in [3.05, 3.63) is 30.3 Å². The standard InChI is InChI=1S/C16H23N3O3/c1-4-9-14(15(20)22-5-2)12(3)18-19-16(21)17-13-10-7-6-8-11-13/h6-8,10-11,14H,4-5,9H2,1-3H3,(H2,17,19,21)/t14-/m0/s1. The van der Waals surface area contributed by atoms with Crippen LogP contribution in [-0.4, -0.2) is 24.3 Å². The van der Waals surface area contributed by atoms with E-state index in [-0.39, 0.29) is 5.97 Å². The van der Waals surface area contributed by atoms with E-state index in [1.54, 1.807) is 26.0 Å². The number of para-hydroxylation sites is 1. The number of anilines is 1. The number of ether oxygens (including phenoxy) is 1. The summed E-state index contributed by atoms with van der Waals surface area (Å²) >= 11 is 0. The lowest BCUT2D eigenvalue weighted by Gasteiger charge is -2.14. The number of urea groups is 1. The Hall–Kier alpha value is -2.37. The number of benzene rings is 1. The number of hydrogen-bond donors (Lipinski definition) is 2. The highest BCUT2D eigenvalue weighted by molar-refractivity contribution is 6.01. The van der Waals surface area contributed by atoms with Crippen molar-refractivity contribution >= 4 is 23.4 Å². The predicted octanol–water partition coefficient (Wildman–Crippen LogP) is 3.16. The van der Waals surface area contributed by atoms with Gasteiger partial charge >= 0.3 is 12.0 Å². The van der Waals surface area contributed by atoms with Crippen LogP contribution >= 0.6 is 0 Å². The first-order valence-electron chi connectivity index (χ1n) is 7.41. The molecule has 0 unspecified atom stereocenters. The normalized spacial score (nSPS) is 12.4. The van der Waals surface area contributed by atoms with Crippen molar-refractivity contribution in [3.8, 4) is 0 Å². The molecule has 22 heavy (non-hydrogen) atoms. The van der Waals surface area contributed by atoms with E-state index in [0.717, 1.165) is 6.42 Å². The fraction of sp³-hybridized carbons (Fsp3) is 0.438. The molecule has 0 saturated heterocycles.